The molecule has 2 aromatic carbocycles. The average Bonchev–Trinajstić information content (AvgIpc) is 3.21. The molecule has 0 amide bonds. The van der Waals surface area contributed by atoms with Crippen LogP contribution in [0.1, 0.15) is 67.2 Å². The number of alkyl halides is 3. The van der Waals surface area contributed by atoms with E-state index in [2.05, 4.69) is 30.3 Å². The minimum atomic E-state index is -4.72. The van der Waals surface area contributed by atoms with Crippen molar-refractivity contribution in [1.82, 2.24) is 0 Å². The van der Waals surface area contributed by atoms with Crippen molar-refractivity contribution in [1.29, 1.82) is 0 Å². The number of rotatable bonds is 7. The van der Waals surface area contributed by atoms with Crippen LogP contribution in [0.4, 0.5) is 17.6 Å². The van der Waals surface area contributed by atoms with Crippen molar-refractivity contribution < 1.29 is 22.4 Å². The molecule has 2 unspecified atom stereocenters. The molecular formula is C30H31F4NO. The first-order valence-corrected chi connectivity index (χ1v) is 12.7. The Hall–Kier alpha value is -3.02. The van der Waals surface area contributed by atoms with Crippen LogP contribution in [-0.2, 0) is 23.8 Å². The van der Waals surface area contributed by atoms with Gasteiger partial charge < -0.3 is 0 Å². The van der Waals surface area contributed by atoms with Gasteiger partial charge in [-0.3, -0.25) is 9.79 Å². The molecule has 6 heteroatoms. The first kappa shape index (κ1) is 26.1. The quantitative estimate of drug-likeness (QED) is 0.216. The number of carbonyl (C=O) groups is 1. The molecular weight excluding hydrogens is 466 g/mol. The molecule has 1 heterocycles. The van der Waals surface area contributed by atoms with Crippen LogP contribution in [0.2, 0.25) is 0 Å². The van der Waals surface area contributed by atoms with Crippen LogP contribution in [-0.4, -0.2) is 11.5 Å². The molecule has 2 aliphatic rings. The summed E-state index contributed by atoms with van der Waals surface area (Å²) in [5.41, 5.74) is 2.46. The van der Waals surface area contributed by atoms with E-state index in [4.69, 9.17) is 4.99 Å². The molecule has 2 nitrogen and oxygen atoms in total. The van der Waals surface area contributed by atoms with Gasteiger partial charge in [-0.05, 0) is 79.7 Å². The minimum absolute atomic E-state index is 0.00531. The van der Waals surface area contributed by atoms with Gasteiger partial charge in [-0.2, -0.15) is 13.2 Å². The van der Waals surface area contributed by atoms with Crippen molar-refractivity contribution in [2.75, 3.05) is 0 Å². The number of fused-ring (bicyclic) bond motifs is 1. The maximum absolute atomic E-state index is 14.2. The Kier molecular flexibility index (Phi) is 8.55. The summed E-state index contributed by atoms with van der Waals surface area (Å²) < 4.78 is 52.8. The largest absolute Gasteiger partial charge is 0.419 e. The van der Waals surface area contributed by atoms with Gasteiger partial charge in [0, 0.05) is 18.5 Å². The number of carbonyl (C=O) groups excluding carboxylic acids is 1. The molecule has 190 valence electrons. The van der Waals surface area contributed by atoms with E-state index in [1.807, 2.05) is 12.3 Å². The van der Waals surface area contributed by atoms with Crippen LogP contribution < -0.4 is 0 Å². The highest BCUT2D eigenvalue weighted by Gasteiger charge is 2.34. The van der Waals surface area contributed by atoms with Gasteiger partial charge in [0.2, 0.25) is 0 Å². The van der Waals surface area contributed by atoms with Gasteiger partial charge in [-0.1, -0.05) is 55.0 Å². The SMILES string of the molecule is O=C(/C=C/C1CCCC(C2=NC=CCc3ccccc32)CC1)CCCc1cccc(C(F)(F)F)c1F. The van der Waals surface area contributed by atoms with E-state index in [0.717, 1.165) is 44.6 Å². The van der Waals surface area contributed by atoms with Crippen molar-refractivity contribution >= 4 is 11.5 Å². The third-order valence-corrected chi connectivity index (χ3v) is 7.16. The molecule has 2 atom stereocenters. The van der Waals surface area contributed by atoms with Gasteiger partial charge >= 0.3 is 6.18 Å². The van der Waals surface area contributed by atoms with Gasteiger partial charge in [-0.25, -0.2) is 4.39 Å². The van der Waals surface area contributed by atoms with Crippen molar-refractivity contribution in [2.45, 2.75) is 64.0 Å². The fourth-order valence-corrected chi connectivity index (χ4v) is 5.22. The molecule has 36 heavy (non-hydrogen) atoms. The predicted octanol–water partition coefficient (Wildman–Crippen LogP) is 8.05. The van der Waals surface area contributed by atoms with Gasteiger partial charge in [0.1, 0.15) is 5.82 Å². The van der Waals surface area contributed by atoms with Crippen LogP contribution in [0.15, 0.2) is 71.9 Å². The highest BCUT2D eigenvalue weighted by atomic mass is 19.4. The lowest BCUT2D eigenvalue weighted by molar-refractivity contribution is -0.140. The number of halogens is 4. The fourth-order valence-electron chi connectivity index (χ4n) is 5.22. The van der Waals surface area contributed by atoms with Crippen LogP contribution in [0.5, 0.6) is 0 Å². The Morgan fingerprint density at radius 2 is 1.86 bits per heavy atom. The Bertz CT molecular complexity index is 1160. The first-order valence-electron chi connectivity index (χ1n) is 12.7. The summed E-state index contributed by atoms with van der Waals surface area (Å²) >= 11 is 0. The van der Waals surface area contributed by atoms with Crippen molar-refractivity contribution in [2.24, 2.45) is 16.8 Å². The van der Waals surface area contributed by atoms with Crippen LogP contribution in [0.3, 0.4) is 0 Å². The van der Waals surface area contributed by atoms with Crippen molar-refractivity contribution in [3.63, 3.8) is 0 Å². The third-order valence-electron chi connectivity index (χ3n) is 7.16. The smallest absolute Gasteiger partial charge is 0.295 e. The predicted molar refractivity (Wildman–Crippen MR) is 134 cm³/mol. The summed E-state index contributed by atoms with van der Waals surface area (Å²) in [6.07, 6.45) is 9.50. The summed E-state index contributed by atoms with van der Waals surface area (Å²) in [7, 11) is 0. The third kappa shape index (κ3) is 6.59. The molecule has 1 aliphatic heterocycles. The number of ketones is 1. The molecule has 0 radical (unpaired) electrons. The van der Waals surface area contributed by atoms with Crippen LogP contribution in [0.25, 0.3) is 0 Å². The molecule has 1 saturated carbocycles. The summed E-state index contributed by atoms with van der Waals surface area (Å²) in [6, 6.07) is 11.7. The second-order valence-corrected chi connectivity index (χ2v) is 9.68. The lowest BCUT2D eigenvalue weighted by atomic mass is 9.87. The molecule has 1 fully saturated rings. The van der Waals surface area contributed by atoms with Gasteiger partial charge in [0.15, 0.2) is 5.78 Å². The molecule has 0 aromatic heterocycles. The molecule has 1 aliphatic carbocycles. The molecule has 0 bridgehead atoms. The normalized spacial score (nSPS) is 20.5. The second kappa shape index (κ2) is 11.8. The van der Waals surface area contributed by atoms with E-state index in [1.54, 1.807) is 6.08 Å². The summed E-state index contributed by atoms with van der Waals surface area (Å²) in [4.78, 5) is 17.2. The number of aliphatic imine (C=N–C) groups is 1. The van der Waals surface area contributed by atoms with E-state index in [1.165, 1.54) is 29.0 Å². The highest BCUT2D eigenvalue weighted by Crippen LogP contribution is 2.34. The van der Waals surface area contributed by atoms with Crippen molar-refractivity contribution in [3.05, 3.63) is 95.0 Å². The number of hydrogen-bond acceptors (Lipinski definition) is 2. The van der Waals surface area contributed by atoms with E-state index in [9.17, 15) is 22.4 Å². The van der Waals surface area contributed by atoms with E-state index < -0.39 is 17.6 Å². The number of benzene rings is 2. The van der Waals surface area contributed by atoms with E-state index in [-0.39, 0.29) is 24.2 Å². The van der Waals surface area contributed by atoms with Gasteiger partial charge in [0.25, 0.3) is 0 Å². The summed E-state index contributed by atoms with van der Waals surface area (Å²) in [5.74, 6) is -0.602. The molecule has 4 rings (SSSR count). The van der Waals surface area contributed by atoms with Crippen LogP contribution in [0, 0.1) is 17.7 Å². The average molecular weight is 498 g/mol. The molecule has 2 aromatic rings. The Morgan fingerprint density at radius 1 is 1.03 bits per heavy atom. The number of nitrogens with zero attached hydrogens (tertiary/aromatic N) is 1. The summed E-state index contributed by atoms with van der Waals surface area (Å²) in [6.45, 7) is 0. The van der Waals surface area contributed by atoms with Crippen molar-refractivity contribution in [3.8, 4) is 0 Å². The second-order valence-electron chi connectivity index (χ2n) is 9.68. The number of allylic oxidation sites excluding steroid dienone is 3. The zero-order chi connectivity index (χ0) is 25.5. The Labute approximate surface area is 209 Å². The van der Waals surface area contributed by atoms with Gasteiger partial charge in [0.05, 0.1) is 11.3 Å². The zero-order valence-electron chi connectivity index (χ0n) is 20.2. The Balaban J connectivity index is 1.28. The molecule has 0 spiro atoms. The minimum Gasteiger partial charge on any atom is -0.295 e. The molecule has 0 N–H and O–H groups in total. The Morgan fingerprint density at radius 3 is 2.69 bits per heavy atom. The fraction of sp³-hybridized carbons (Fsp3) is 0.400. The highest BCUT2D eigenvalue weighted by molar-refractivity contribution is 6.04. The van der Waals surface area contributed by atoms with Crippen LogP contribution >= 0.6 is 0 Å². The van der Waals surface area contributed by atoms with Gasteiger partial charge in [-0.15, -0.1) is 0 Å². The lowest BCUT2D eigenvalue weighted by Crippen LogP contribution is -2.16. The number of aryl methyl sites for hydroxylation is 1. The zero-order valence-corrected chi connectivity index (χ0v) is 20.2. The number of hydrogen-bond donors (Lipinski definition) is 0. The molecule has 0 saturated heterocycles. The standard InChI is InChI=1S/C30H31F4NO/c31-28-23(10-5-15-27(28)30(32,33)34)9-4-13-25(36)19-17-21-7-3-11-24(18-16-21)29-26-14-2-1-8-22(26)12-6-20-35-29/h1-2,5-6,8,10,14-15,17,19-21,24H,3-4,7,9,11-13,16,18H2/b19-17+. The maximum Gasteiger partial charge on any atom is 0.419 e. The van der Waals surface area contributed by atoms with E-state index >= 15 is 0 Å². The monoisotopic (exact) mass is 497 g/mol. The van der Waals surface area contributed by atoms with E-state index in [0.29, 0.717) is 18.3 Å². The first-order chi connectivity index (χ1) is 17.3. The summed E-state index contributed by atoms with van der Waals surface area (Å²) in [5, 5.41) is 0. The lowest BCUT2D eigenvalue weighted by Gasteiger charge is -2.18. The maximum atomic E-state index is 14.2. The topological polar surface area (TPSA) is 29.4 Å².